The van der Waals surface area contributed by atoms with Gasteiger partial charge in [0.25, 0.3) is 0 Å². The first-order valence-electron chi connectivity index (χ1n) is 11.8. The highest BCUT2D eigenvalue weighted by Crippen LogP contribution is 2.40. The van der Waals surface area contributed by atoms with Crippen LogP contribution >= 0.6 is 0 Å². The van der Waals surface area contributed by atoms with Crippen LogP contribution in [0.15, 0.2) is 36.9 Å². The lowest BCUT2D eigenvalue weighted by Crippen LogP contribution is -2.50. The number of ether oxygens (including phenoxy) is 1. The Morgan fingerprint density at radius 1 is 1.20 bits per heavy atom. The molecule has 1 amide bonds. The van der Waals surface area contributed by atoms with Crippen LogP contribution in [0, 0.1) is 6.92 Å². The minimum Gasteiger partial charge on any atom is -0.380 e. The molecule has 1 aromatic carbocycles. The highest BCUT2D eigenvalue weighted by Gasteiger charge is 2.44. The third kappa shape index (κ3) is 3.48. The number of carbonyl (C=O) groups excluding carboxylic acids is 1. The number of nitrogens with zero attached hydrogens (tertiary/aromatic N) is 6. The predicted molar refractivity (Wildman–Crippen MR) is 131 cm³/mol. The van der Waals surface area contributed by atoms with E-state index in [4.69, 9.17) is 9.72 Å². The van der Waals surface area contributed by atoms with Gasteiger partial charge in [0, 0.05) is 48.4 Å². The van der Waals surface area contributed by atoms with Crippen molar-refractivity contribution in [3.63, 3.8) is 0 Å². The summed E-state index contributed by atoms with van der Waals surface area (Å²) < 4.78 is 7.55. The molecule has 2 N–H and O–H groups in total. The summed E-state index contributed by atoms with van der Waals surface area (Å²) in [5, 5.41) is 6.54. The normalized spacial score (nSPS) is 21.5. The number of rotatable bonds is 5. The van der Waals surface area contributed by atoms with Gasteiger partial charge in [-0.25, -0.2) is 24.9 Å². The van der Waals surface area contributed by atoms with Crippen molar-refractivity contribution in [2.24, 2.45) is 0 Å². The topological polar surface area (TPSA) is 120 Å². The first-order valence-corrected chi connectivity index (χ1v) is 11.8. The van der Waals surface area contributed by atoms with Gasteiger partial charge in [0.1, 0.15) is 34.7 Å². The van der Waals surface area contributed by atoms with Gasteiger partial charge in [0.05, 0.1) is 12.2 Å². The first kappa shape index (κ1) is 21.8. The smallest absolute Gasteiger partial charge is 0.249 e. The molecule has 10 nitrogen and oxygen atoms in total. The van der Waals surface area contributed by atoms with Crippen LogP contribution in [-0.2, 0) is 21.6 Å². The summed E-state index contributed by atoms with van der Waals surface area (Å²) in [6.45, 7) is 7.82. The molecule has 0 aliphatic carbocycles. The minimum absolute atomic E-state index is 0.0682. The Balaban J connectivity index is 1.47. The lowest BCUT2D eigenvalue weighted by molar-refractivity contribution is -0.121. The molecule has 2 unspecified atom stereocenters. The summed E-state index contributed by atoms with van der Waals surface area (Å²) >= 11 is 0. The summed E-state index contributed by atoms with van der Waals surface area (Å²) in [5.74, 6) is 1.38. The second-order valence-electron chi connectivity index (χ2n) is 9.14. The number of benzene rings is 1. The maximum absolute atomic E-state index is 13.0. The van der Waals surface area contributed by atoms with Crippen molar-refractivity contribution in [1.82, 2.24) is 34.8 Å². The fourth-order valence-electron chi connectivity index (χ4n) is 4.96. The van der Waals surface area contributed by atoms with Gasteiger partial charge in [-0.05, 0) is 39.3 Å². The highest BCUT2D eigenvalue weighted by molar-refractivity contribution is 6.06. The highest BCUT2D eigenvalue weighted by atomic mass is 16.5. The fraction of sp³-hybridized carbons (Fsp3) is 0.360. The number of hydrogen-bond acceptors (Lipinski definition) is 8. The summed E-state index contributed by atoms with van der Waals surface area (Å²) in [6, 6.07) is 6.05. The van der Waals surface area contributed by atoms with Crippen LogP contribution in [-0.4, -0.2) is 54.6 Å². The third-order valence-corrected chi connectivity index (χ3v) is 6.84. The second kappa shape index (κ2) is 8.17. The van der Waals surface area contributed by atoms with Gasteiger partial charge in [-0.2, -0.15) is 0 Å². The fourth-order valence-corrected chi connectivity index (χ4v) is 4.96. The average molecular weight is 471 g/mol. The molecular weight excluding hydrogens is 444 g/mol. The zero-order chi connectivity index (χ0) is 24.2. The third-order valence-electron chi connectivity index (χ3n) is 6.84. The number of aromatic nitrogens is 6. The van der Waals surface area contributed by atoms with Gasteiger partial charge in [0.15, 0.2) is 5.65 Å². The Morgan fingerprint density at radius 2 is 2.03 bits per heavy atom. The van der Waals surface area contributed by atoms with Gasteiger partial charge in [-0.3, -0.25) is 10.1 Å². The molecular formula is C25H26N8O2. The Labute approximate surface area is 202 Å². The molecule has 2 aliphatic heterocycles. The molecule has 1 fully saturated rings. The molecule has 178 valence electrons. The zero-order valence-electron chi connectivity index (χ0n) is 19.9. The maximum atomic E-state index is 13.0. The van der Waals surface area contributed by atoms with E-state index in [0.717, 1.165) is 40.3 Å². The molecule has 1 saturated heterocycles. The van der Waals surface area contributed by atoms with E-state index in [9.17, 15) is 4.79 Å². The maximum Gasteiger partial charge on any atom is 0.249 e. The van der Waals surface area contributed by atoms with Crippen LogP contribution in [0.5, 0.6) is 0 Å². The average Bonchev–Trinajstić information content (AvgIpc) is 3.57. The van der Waals surface area contributed by atoms with Crippen molar-refractivity contribution in [3.8, 4) is 22.6 Å². The molecule has 0 saturated carbocycles. The number of carbonyl (C=O) groups is 1. The standard InChI is InChI=1S/C25H26N8O2/c1-4-33-22(16-10-26-14(2)27-11-16)31-21-20(28-13-29-23(21)33)15-5-6-19-18(9-15)25(3,24(34)30-19)32-17-7-8-35-12-17/h5-6,9-11,13,17,32H,4,7-8,12H2,1-3H3,(H,30,34). The molecule has 2 aliphatic rings. The molecule has 10 heteroatoms. The number of anilines is 1. The van der Waals surface area contributed by atoms with E-state index in [-0.39, 0.29) is 11.9 Å². The number of hydrogen-bond donors (Lipinski definition) is 2. The van der Waals surface area contributed by atoms with Crippen molar-refractivity contribution in [2.75, 3.05) is 18.5 Å². The number of imidazole rings is 1. The molecule has 0 spiro atoms. The first-order chi connectivity index (χ1) is 17.0. The van der Waals surface area contributed by atoms with E-state index >= 15 is 0 Å². The molecule has 6 rings (SSSR count). The quantitative estimate of drug-likeness (QED) is 0.457. The van der Waals surface area contributed by atoms with Crippen LogP contribution in [0.3, 0.4) is 0 Å². The molecule has 0 radical (unpaired) electrons. The Bertz CT molecular complexity index is 1440. The van der Waals surface area contributed by atoms with E-state index in [2.05, 4.69) is 37.5 Å². The molecule has 0 bridgehead atoms. The summed E-state index contributed by atoms with van der Waals surface area (Å²) in [7, 11) is 0. The Hall–Kier alpha value is -3.76. The molecule has 3 aromatic heterocycles. The zero-order valence-corrected chi connectivity index (χ0v) is 19.9. The molecule has 35 heavy (non-hydrogen) atoms. The van der Waals surface area contributed by atoms with E-state index in [1.807, 2.05) is 36.6 Å². The SMILES string of the molecule is CCn1c(-c2cnc(C)nc2)nc2c(-c3ccc4c(c3)C(C)(NC3CCOC3)C(=O)N4)ncnc21. The van der Waals surface area contributed by atoms with Gasteiger partial charge < -0.3 is 14.6 Å². The van der Waals surface area contributed by atoms with E-state index in [1.165, 1.54) is 0 Å². The summed E-state index contributed by atoms with van der Waals surface area (Å²) in [6.07, 6.45) is 5.99. The summed E-state index contributed by atoms with van der Waals surface area (Å²) in [4.78, 5) is 35.7. The van der Waals surface area contributed by atoms with E-state index in [0.29, 0.717) is 36.8 Å². The Kier molecular flexibility index (Phi) is 5.08. The van der Waals surface area contributed by atoms with Crippen molar-refractivity contribution in [2.45, 2.75) is 45.3 Å². The predicted octanol–water partition coefficient (Wildman–Crippen LogP) is 2.82. The number of nitrogens with one attached hydrogen (secondary N) is 2. The number of amides is 1. The molecule has 4 aromatic rings. The van der Waals surface area contributed by atoms with Crippen LogP contribution in [0.1, 0.15) is 31.7 Å². The lowest BCUT2D eigenvalue weighted by Gasteiger charge is -2.27. The number of aryl methyl sites for hydroxylation is 2. The minimum atomic E-state index is -0.858. The largest absolute Gasteiger partial charge is 0.380 e. The van der Waals surface area contributed by atoms with E-state index < -0.39 is 5.54 Å². The van der Waals surface area contributed by atoms with Gasteiger partial charge in [-0.1, -0.05) is 6.07 Å². The van der Waals surface area contributed by atoms with Crippen molar-refractivity contribution in [1.29, 1.82) is 0 Å². The lowest BCUT2D eigenvalue weighted by atomic mass is 9.90. The van der Waals surface area contributed by atoms with Gasteiger partial charge >= 0.3 is 0 Å². The van der Waals surface area contributed by atoms with Crippen LogP contribution in [0.25, 0.3) is 33.8 Å². The second-order valence-corrected chi connectivity index (χ2v) is 9.14. The van der Waals surface area contributed by atoms with Crippen LogP contribution < -0.4 is 10.6 Å². The van der Waals surface area contributed by atoms with Gasteiger partial charge in [-0.15, -0.1) is 0 Å². The van der Waals surface area contributed by atoms with Crippen LogP contribution in [0.2, 0.25) is 0 Å². The van der Waals surface area contributed by atoms with E-state index in [1.54, 1.807) is 18.7 Å². The monoisotopic (exact) mass is 470 g/mol. The van der Waals surface area contributed by atoms with Gasteiger partial charge in [0.2, 0.25) is 5.91 Å². The van der Waals surface area contributed by atoms with Crippen molar-refractivity contribution < 1.29 is 9.53 Å². The number of fused-ring (bicyclic) bond motifs is 2. The van der Waals surface area contributed by atoms with Crippen molar-refractivity contribution in [3.05, 3.63) is 48.3 Å². The molecule has 5 heterocycles. The van der Waals surface area contributed by atoms with Crippen molar-refractivity contribution >= 4 is 22.8 Å². The summed E-state index contributed by atoms with van der Waals surface area (Å²) in [5.41, 5.74) is 4.67. The Morgan fingerprint density at radius 3 is 2.77 bits per heavy atom. The van der Waals surface area contributed by atoms with Crippen LogP contribution in [0.4, 0.5) is 5.69 Å². The molecule has 2 atom stereocenters.